The fourth-order valence-electron chi connectivity index (χ4n) is 5.03. The first-order valence-corrected chi connectivity index (χ1v) is 13.5. The van der Waals surface area contributed by atoms with Crippen LogP contribution in [0.15, 0.2) is 72.8 Å². The van der Waals surface area contributed by atoms with Crippen LogP contribution < -0.4 is 24.2 Å². The number of anilines is 2. The number of carbonyl (C=O) groups excluding carboxylic acids is 2. The molecular weight excluding hydrogens is 496 g/mol. The Kier molecular flexibility index (Phi) is 8.02. The van der Waals surface area contributed by atoms with E-state index in [-0.39, 0.29) is 11.8 Å². The molecule has 5 rings (SSSR count). The van der Waals surface area contributed by atoms with E-state index in [0.717, 1.165) is 30.5 Å². The molecule has 8 nitrogen and oxygen atoms in total. The number of amides is 2. The van der Waals surface area contributed by atoms with Gasteiger partial charge in [-0.05, 0) is 66.9 Å². The van der Waals surface area contributed by atoms with Gasteiger partial charge in [-0.1, -0.05) is 44.5 Å². The molecule has 3 aromatic carbocycles. The highest BCUT2D eigenvalue weighted by Crippen LogP contribution is 2.48. The molecule has 2 saturated heterocycles. The molecule has 2 heterocycles. The van der Waals surface area contributed by atoms with Crippen LogP contribution in [0.1, 0.15) is 44.7 Å². The van der Waals surface area contributed by atoms with Gasteiger partial charge in [-0.25, -0.2) is 9.96 Å². The van der Waals surface area contributed by atoms with Gasteiger partial charge in [0.05, 0.1) is 37.7 Å². The van der Waals surface area contributed by atoms with Crippen molar-refractivity contribution in [2.45, 2.75) is 45.3 Å². The Morgan fingerprint density at radius 2 is 1.56 bits per heavy atom. The Bertz CT molecular complexity index is 1300. The maximum Gasteiger partial charge on any atom is 0.266 e. The number of imide groups is 1. The van der Waals surface area contributed by atoms with Crippen molar-refractivity contribution < 1.29 is 28.6 Å². The fraction of sp³-hybridized carbons (Fsp3) is 0.355. The third-order valence-electron chi connectivity index (χ3n) is 6.98. The van der Waals surface area contributed by atoms with Crippen molar-refractivity contribution in [1.82, 2.24) is 0 Å². The number of fused-ring (bicyclic) bond motifs is 1. The zero-order valence-corrected chi connectivity index (χ0v) is 22.5. The second-order valence-electron chi connectivity index (χ2n) is 9.62. The molecule has 3 aromatic rings. The maximum atomic E-state index is 13.9. The molecule has 39 heavy (non-hydrogen) atoms. The molecule has 0 bridgehead atoms. The maximum absolute atomic E-state index is 13.9. The summed E-state index contributed by atoms with van der Waals surface area (Å²) in [5.41, 5.74) is 2.04. The van der Waals surface area contributed by atoms with Crippen LogP contribution in [0.25, 0.3) is 0 Å². The minimum atomic E-state index is -0.954. The SMILES string of the molecule is CCCCOc1ccc(N2C(=O)[C@@H]3[C@@H](c4ccc(OCCC)c(OC)c4)N(c4ccccc4)O[C@H]3C2=O)cc1. The number of carbonyl (C=O) groups is 2. The van der Waals surface area contributed by atoms with E-state index in [2.05, 4.69) is 6.92 Å². The third-order valence-corrected chi connectivity index (χ3v) is 6.98. The van der Waals surface area contributed by atoms with E-state index in [1.54, 1.807) is 36.4 Å². The van der Waals surface area contributed by atoms with Crippen molar-refractivity contribution in [3.63, 3.8) is 0 Å². The number of rotatable bonds is 11. The highest BCUT2D eigenvalue weighted by atomic mass is 16.7. The van der Waals surface area contributed by atoms with Gasteiger partial charge in [0.15, 0.2) is 17.6 Å². The van der Waals surface area contributed by atoms with Crippen LogP contribution >= 0.6 is 0 Å². The van der Waals surface area contributed by atoms with Gasteiger partial charge < -0.3 is 14.2 Å². The lowest BCUT2D eigenvalue weighted by Gasteiger charge is -2.29. The smallest absolute Gasteiger partial charge is 0.266 e. The van der Waals surface area contributed by atoms with Gasteiger partial charge >= 0.3 is 0 Å². The van der Waals surface area contributed by atoms with Gasteiger partial charge in [0.2, 0.25) is 5.91 Å². The van der Waals surface area contributed by atoms with Gasteiger partial charge in [-0.3, -0.25) is 14.4 Å². The van der Waals surface area contributed by atoms with Crippen LogP contribution in [0.2, 0.25) is 0 Å². The molecule has 204 valence electrons. The van der Waals surface area contributed by atoms with Gasteiger partial charge in [-0.2, -0.15) is 0 Å². The Morgan fingerprint density at radius 1 is 0.795 bits per heavy atom. The first-order chi connectivity index (χ1) is 19.1. The van der Waals surface area contributed by atoms with E-state index >= 15 is 0 Å². The molecule has 3 atom stereocenters. The Hall–Kier alpha value is -4.04. The number of ether oxygens (including phenoxy) is 3. The molecule has 0 spiro atoms. The van der Waals surface area contributed by atoms with Crippen LogP contribution in [-0.4, -0.2) is 38.2 Å². The molecule has 0 radical (unpaired) electrons. The van der Waals surface area contributed by atoms with Gasteiger partial charge in [0, 0.05) is 0 Å². The molecular formula is C31H34N2O6. The van der Waals surface area contributed by atoms with Crippen molar-refractivity contribution in [2.75, 3.05) is 30.3 Å². The highest BCUT2D eigenvalue weighted by molar-refractivity contribution is 6.23. The summed E-state index contributed by atoms with van der Waals surface area (Å²) in [7, 11) is 1.59. The first kappa shape index (κ1) is 26.6. The molecule has 2 aliphatic rings. The van der Waals surface area contributed by atoms with E-state index in [0.29, 0.717) is 36.1 Å². The number of nitrogens with zero attached hydrogens (tertiary/aromatic N) is 2. The number of methoxy groups -OCH3 is 1. The predicted octanol–water partition coefficient (Wildman–Crippen LogP) is 5.71. The molecule has 0 aromatic heterocycles. The van der Waals surface area contributed by atoms with E-state index in [1.807, 2.05) is 55.5 Å². The molecule has 8 heteroatoms. The average molecular weight is 531 g/mol. The van der Waals surface area contributed by atoms with Crippen LogP contribution in [-0.2, 0) is 14.4 Å². The zero-order valence-electron chi connectivity index (χ0n) is 22.5. The first-order valence-electron chi connectivity index (χ1n) is 13.5. The minimum absolute atomic E-state index is 0.307. The zero-order chi connectivity index (χ0) is 27.4. The summed E-state index contributed by atoms with van der Waals surface area (Å²) in [6.07, 6.45) is 1.91. The summed E-state index contributed by atoms with van der Waals surface area (Å²) >= 11 is 0. The summed E-state index contributed by atoms with van der Waals surface area (Å²) < 4.78 is 17.2. The van der Waals surface area contributed by atoms with Gasteiger partial charge in [0.25, 0.3) is 5.91 Å². The standard InChI is InChI=1S/C31H34N2O6/c1-4-6-19-37-24-15-13-22(14-16-24)32-30(34)27-28(21-12-17-25(38-18-5-2)26(20-21)36-3)33(39-29(27)31(32)35)23-10-8-7-9-11-23/h7-17,20,27-29H,4-6,18-19H2,1-3H3/t27-,28-,29-/m1/s1. The summed E-state index contributed by atoms with van der Waals surface area (Å²) in [5, 5.41) is 1.68. The number of hydrogen-bond acceptors (Lipinski definition) is 7. The van der Waals surface area contributed by atoms with Crippen LogP contribution in [0.3, 0.4) is 0 Å². The van der Waals surface area contributed by atoms with Crippen molar-refractivity contribution in [1.29, 1.82) is 0 Å². The van der Waals surface area contributed by atoms with E-state index in [1.165, 1.54) is 4.90 Å². The molecule has 0 unspecified atom stereocenters. The number of benzene rings is 3. The van der Waals surface area contributed by atoms with E-state index in [9.17, 15) is 9.59 Å². The Morgan fingerprint density at radius 3 is 2.26 bits per heavy atom. The van der Waals surface area contributed by atoms with Crippen LogP contribution in [0.5, 0.6) is 17.2 Å². The molecule has 0 aliphatic carbocycles. The van der Waals surface area contributed by atoms with Crippen LogP contribution in [0, 0.1) is 5.92 Å². The molecule has 2 amide bonds. The van der Waals surface area contributed by atoms with Gasteiger partial charge in [-0.15, -0.1) is 0 Å². The lowest BCUT2D eigenvalue weighted by Crippen LogP contribution is -2.37. The van der Waals surface area contributed by atoms with E-state index in [4.69, 9.17) is 19.0 Å². The fourth-order valence-corrected chi connectivity index (χ4v) is 5.03. The minimum Gasteiger partial charge on any atom is -0.494 e. The largest absolute Gasteiger partial charge is 0.494 e. The topological polar surface area (TPSA) is 77.5 Å². The second-order valence-corrected chi connectivity index (χ2v) is 9.62. The monoisotopic (exact) mass is 530 g/mol. The summed E-state index contributed by atoms with van der Waals surface area (Å²) in [6, 6.07) is 21.6. The summed E-state index contributed by atoms with van der Waals surface area (Å²) in [4.78, 5) is 35.0. The predicted molar refractivity (Wildman–Crippen MR) is 148 cm³/mol. The second kappa shape index (κ2) is 11.8. The molecule has 2 fully saturated rings. The quantitative estimate of drug-likeness (QED) is 0.232. The van der Waals surface area contributed by atoms with Crippen LogP contribution in [0.4, 0.5) is 11.4 Å². The number of unbranched alkanes of at least 4 members (excludes halogenated alkanes) is 1. The number of hydroxylamine groups is 1. The van der Waals surface area contributed by atoms with Crippen molar-refractivity contribution in [2.24, 2.45) is 5.92 Å². The summed E-state index contributed by atoms with van der Waals surface area (Å²) in [6.45, 7) is 5.33. The van der Waals surface area contributed by atoms with Crippen molar-refractivity contribution >= 4 is 23.2 Å². The molecule has 0 N–H and O–H groups in total. The lowest BCUT2D eigenvalue weighted by atomic mass is 9.90. The third kappa shape index (κ3) is 5.16. The van der Waals surface area contributed by atoms with Gasteiger partial charge in [0.1, 0.15) is 11.7 Å². The number of hydrogen-bond donors (Lipinski definition) is 0. The molecule has 2 aliphatic heterocycles. The normalized spacial score (nSPS) is 20.3. The Labute approximate surface area is 229 Å². The molecule has 0 saturated carbocycles. The summed E-state index contributed by atoms with van der Waals surface area (Å²) in [5.74, 6) is 0.450. The van der Waals surface area contributed by atoms with Crippen molar-refractivity contribution in [3.05, 3.63) is 78.4 Å². The Balaban J connectivity index is 1.48. The number of para-hydroxylation sites is 1. The van der Waals surface area contributed by atoms with E-state index < -0.39 is 18.1 Å². The lowest BCUT2D eigenvalue weighted by molar-refractivity contribution is -0.126. The average Bonchev–Trinajstić information content (AvgIpc) is 3.48. The highest BCUT2D eigenvalue weighted by Gasteiger charge is 2.60. The van der Waals surface area contributed by atoms with Crippen molar-refractivity contribution in [3.8, 4) is 17.2 Å².